The van der Waals surface area contributed by atoms with Gasteiger partial charge in [0.1, 0.15) is 12.4 Å². The topological polar surface area (TPSA) is 109 Å². The van der Waals surface area contributed by atoms with Crippen molar-refractivity contribution in [1.29, 1.82) is 0 Å². The second-order valence-electron chi connectivity index (χ2n) is 6.84. The molecule has 170 valence electrons. The first-order chi connectivity index (χ1) is 16.1. The van der Waals surface area contributed by atoms with E-state index in [1.54, 1.807) is 42.0 Å². The molecule has 0 fully saturated rings. The van der Waals surface area contributed by atoms with Crippen LogP contribution in [0.1, 0.15) is 10.4 Å². The van der Waals surface area contributed by atoms with Crippen molar-refractivity contribution in [3.63, 3.8) is 0 Å². The molecular weight excluding hydrogens is 426 g/mol. The van der Waals surface area contributed by atoms with E-state index in [2.05, 4.69) is 20.6 Å². The minimum atomic E-state index is -0.293. The van der Waals surface area contributed by atoms with Crippen LogP contribution in [0.4, 0.5) is 0 Å². The molecule has 0 saturated heterocycles. The summed E-state index contributed by atoms with van der Waals surface area (Å²) < 4.78 is 23.1. The first-order valence-electron chi connectivity index (χ1n) is 10.1. The van der Waals surface area contributed by atoms with E-state index in [1.807, 2.05) is 24.3 Å². The van der Waals surface area contributed by atoms with E-state index in [-0.39, 0.29) is 19.1 Å². The Balaban J connectivity index is 1.40. The van der Waals surface area contributed by atoms with E-state index in [1.165, 1.54) is 14.2 Å². The molecule has 0 aliphatic heterocycles. The van der Waals surface area contributed by atoms with Crippen molar-refractivity contribution in [1.82, 2.24) is 25.1 Å². The molecule has 0 bridgehead atoms. The largest absolute Gasteiger partial charge is 0.497 e. The Hall–Kier alpha value is -4.34. The van der Waals surface area contributed by atoms with E-state index >= 15 is 0 Å². The number of benzene rings is 2. The lowest BCUT2D eigenvalue weighted by Crippen LogP contribution is -2.28. The van der Waals surface area contributed by atoms with Crippen LogP contribution in [0.3, 0.4) is 0 Å². The summed E-state index contributed by atoms with van der Waals surface area (Å²) in [6, 6.07) is 16.0. The molecule has 4 rings (SSSR count). The first-order valence-corrected chi connectivity index (χ1v) is 10.1. The number of nitrogens with zero attached hydrogens (tertiary/aromatic N) is 4. The minimum Gasteiger partial charge on any atom is -0.497 e. The van der Waals surface area contributed by atoms with Crippen molar-refractivity contribution in [2.75, 3.05) is 34.5 Å². The Labute approximate surface area is 190 Å². The van der Waals surface area contributed by atoms with Gasteiger partial charge in [-0.3, -0.25) is 4.79 Å². The molecule has 0 unspecified atom stereocenters. The van der Waals surface area contributed by atoms with Gasteiger partial charge in [0.05, 0.1) is 33.4 Å². The molecule has 2 aromatic heterocycles. The molecule has 0 atom stereocenters. The average molecular weight is 449 g/mol. The zero-order chi connectivity index (χ0) is 23.2. The highest BCUT2D eigenvalue weighted by molar-refractivity contribution is 5.97. The third kappa shape index (κ3) is 4.64. The van der Waals surface area contributed by atoms with Crippen molar-refractivity contribution < 1.29 is 23.7 Å². The fraction of sp³-hybridized carbons (Fsp3) is 0.217. The third-order valence-corrected chi connectivity index (χ3v) is 4.87. The van der Waals surface area contributed by atoms with Gasteiger partial charge in [0.2, 0.25) is 5.88 Å². The molecule has 2 heterocycles. The number of aromatic nitrogens is 4. The number of carbonyl (C=O) groups is 1. The molecule has 0 aliphatic rings. The molecule has 0 aliphatic carbocycles. The van der Waals surface area contributed by atoms with Gasteiger partial charge in [0, 0.05) is 11.6 Å². The third-order valence-electron chi connectivity index (χ3n) is 4.87. The summed E-state index contributed by atoms with van der Waals surface area (Å²) in [7, 11) is 4.63. The molecule has 0 saturated carbocycles. The van der Waals surface area contributed by atoms with Crippen LogP contribution in [-0.4, -0.2) is 60.2 Å². The maximum absolute atomic E-state index is 12.5. The van der Waals surface area contributed by atoms with Crippen LogP contribution in [0.25, 0.3) is 17.0 Å². The predicted molar refractivity (Wildman–Crippen MR) is 120 cm³/mol. The molecule has 1 amide bonds. The number of fused-ring (bicyclic) bond motifs is 1. The van der Waals surface area contributed by atoms with Gasteiger partial charge < -0.3 is 24.3 Å². The van der Waals surface area contributed by atoms with Crippen LogP contribution < -0.4 is 24.3 Å². The number of carbonyl (C=O) groups excluding carboxylic acids is 1. The van der Waals surface area contributed by atoms with E-state index in [0.717, 1.165) is 11.3 Å². The van der Waals surface area contributed by atoms with Gasteiger partial charge in [0.25, 0.3) is 5.91 Å². The van der Waals surface area contributed by atoms with Gasteiger partial charge in [-0.05, 0) is 42.5 Å². The van der Waals surface area contributed by atoms with Gasteiger partial charge >= 0.3 is 0 Å². The Morgan fingerprint density at radius 3 is 2.48 bits per heavy atom. The van der Waals surface area contributed by atoms with Crippen molar-refractivity contribution >= 4 is 11.6 Å². The van der Waals surface area contributed by atoms with Gasteiger partial charge in [-0.25, -0.2) is 0 Å². The average Bonchev–Trinajstić information content (AvgIpc) is 3.29. The van der Waals surface area contributed by atoms with Crippen LogP contribution in [0, 0.1) is 0 Å². The molecule has 2 aromatic carbocycles. The number of para-hydroxylation sites is 1. The second-order valence-corrected chi connectivity index (χ2v) is 6.84. The lowest BCUT2D eigenvalue weighted by Gasteiger charge is -2.12. The van der Waals surface area contributed by atoms with Crippen LogP contribution in [0.5, 0.6) is 23.1 Å². The number of rotatable bonds is 9. The monoisotopic (exact) mass is 449 g/mol. The lowest BCUT2D eigenvalue weighted by atomic mass is 10.1. The summed E-state index contributed by atoms with van der Waals surface area (Å²) in [5.74, 6) is 2.28. The Bertz CT molecular complexity index is 1260. The fourth-order valence-electron chi connectivity index (χ4n) is 3.25. The molecule has 0 radical (unpaired) electrons. The smallest absolute Gasteiger partial charge is 0.255 e. The minimum absolute atomic E-state index is 0.219. The summed E-state index contributed by atoms with van der Waals surface area (Å²) in [6.45, 7) is 0.489. The van der Waals surface area contributed by atoms with Crippen LogP contribution in [-0.2, 0) is 0 Å². The molecular formula is C23H23N5O5. The normalized spacial score (nSPS) is 10.6. The standard InChI is InChI=1S/C23H23N5O5/c1-30-16-9-7-15(8-10-16)22-26-25-19-11-12-20(27-28(19)22)33-14-13-24-23(29)17-5-4-6-18(31-2)21(17)32-3/h4-12H,13-14H2,1-3H3,(H,24,29). The first kappa shape index (κ1) is 21.9. The predicted octanol–water partition coefficient (Wildman–Crippen LogP) is 2.63. The molecule has 1 N–H and O–H groups in total. The van der Waals surface area contributed by atoms with Gasteiger partial charge in [-0.15, -0.1) is 15.3 Å². The quantitative estimate of drug-likeness (QED) is 0.389. The van der Waals surface area contributed by atoms with Crippen LogP contribution in [0.2, 0.25) is 0 Å². The van der Waals surface area contributed by atoms with E-state index in [0.29, 0.717) is 34.4 Å². The summed E-state index contributed by atoms with van der Waals surface area (Å²) in [5, 5.41) is 15.6. The van der Waals surface area contributed by atoms with Crippen LogP contribution >= 0.6 is 0 Å². The number of ether oxygens (including phenoxy) is 4. The SMILES string of the molecule is COc1ccc(-c2nnc3ccc(OCCNC(=O)c4cccc(OC)c4OC)nn23)cc1. The van der Waals surface area contributed by atoms with Crippen LogP contribution in [0.15, 0.2) is 54.6 Å². The molecule has 33 heavy (non-hydrogen) atoms. The lowest BCUT2D eigenvalue weighted by molar-refractivity contribution is 0.0942. The Morgan fingerprint density at radius 1 is 0.939 bits per heavy atom. The highest BCUT2D eigenvalue weighted by Gasteiger charge is 2.16. The number of hydrogen-bond donors (Lipinski definition) is 1. The van der Waals surface area contributed by atoms with Crippen molar-refractivity contribution in [2.45, 2.75) is 0 Å². The highest BCUT2D eigenvalue weighted by Crippen LogP contribution is 2.30. The van der Waals surface area contributed by atoms with Crippen molar-refractivity contribution in [3.8, 4) is 34.5 Å². The fourth-order valence-corrected chi connectivity index (χ4v) is 3.25. The van der Waals surface area contributed by atoms with E-state index < -0.39 is 0 Å². The summed E-state index contributed by atoms with van der Waals surface area (Å²) in [6.07, 6.45) is 0. The maximum atomic E-state index is 12.5. The summed E-state index contributed by atoms with van der Waals surface area (Å²) >= 11 is 0. The molecule has 10 heteroatoms. The van der Waals surface area contributed by atoms with E-state index in [4.69, 9.17) is 18.9 Å². The number of hydrogen-bond acceptors (Lipinski definition) is 8. The highest BCUT2D eigenvalue weighted by atomic mass is 16.5. The number of nitrogens with one attached hydrogen (secondary N) is 1. The Kier molecular flexibility index (Phi) is 6.53. The van der Waals surface area contributed by atoms with Gasteiger partial charge in [-0.2, -0.15) is 4.52 Å². The molecule has 4 aromatic rings. The molecule has 10 nitrogen and oxygen atoms in total. The van der Waals surface area contributed by atoms with Gasteiger partial charge in [0.15, 0.2) is 23.0 Å². The maximum Gasteiger partial charge on any atom is 0.255 e. The Morgan fingerprint density at radius 2 is 1.76 bits per heavy atom. The second kappa shape index (κ2) is 9.86. The number of methoxy groups -OCH3 is 3. The molecule has 0 spiro atoms. The van der Waals surface area contributed by atoms with Crippen molar-refractivity contribution in [3.05, 3.63) is 60.2 Å². The summed E-state index contributed by atoms with van der Waals surface area (Å²) in [4.78, 5) is 12.5. The van der Waals surface area contributed by atoms with Gasteiger partial charge in [-0.1, -0.05) is 6.07 Å². The van der Waals surface area contributed by atoms with E-state index in [9.17, 15) is 4.79 Å². The summed E-state index contributed by atoms with van der Waals surface area (Å²) in [5.41, 5.74) is 1.81. The zero-order valence-electron chi connectivity index (χ0n) is 18.4. The number of amides is 1. The van der Waals surface area contributed by atoms with Crippen molar-refractivity contribution in [2.24, 2.45) is 0 Å². The zero-order valence-corrected chi connectivity index (χ0v) is 18.4.